The van der Waals surface area contributed by atoms with E-state index in [1.165, 1.54) is 0 Å². The van der Waals surface area contributed by atoms with Crippen LogP contribution in [0.4, 0.5) is 5.82 Å². The number of hydrogen-bond donors (Lipinski definition) is 1. The van der Waals surface area contributed by atoms with E-state index in [9.17, 15) is 5.26 Å². The number of aryl methyl sites for hydroxylation is 3. The summed E-state index contributed by atoms with van der Waals surface area (Å²) in [5.41, 5.74) is 2.39. The number of nitrogens with one attached hydrogen (secondary N) is 1. The minimum Gasteiger partial charge on any atom is -0.362 e. The van der Waals surface area contributed by atoms with Crippen molar-refractivity contribution in [3.8, 4) is 6.07 Å². The minimum atomic E-state index is 0.498. The van der Waals surface area contributed by atoms with Crippen molar-refractivity contribution in [3.63, 3.8) is 0 Å². The molecule has 2 rings (SSSR count). The molecule has 2 aromatic heterocycles. The normalized spacial score (nSPS) is 10.2. The van der Waals surface area contributed by atoms with Gasteiger partial charge in [-0.05, 0) is 32.4 Å². The van der Waals surface area contributed by atoms with Crippen LogP contribution in [0.25, 0.3) is 0 Å². The molecule has 0 radical (unpaired) electrons. The van der Waals surface area contributed by atoms with Crippen molar-refractivity contribution in [3.05, 3.63) is 35.0 Å². The Labute approximate surface area is 112 Å². The van der Waals surface area contributed by atoms with Crippen LogP contribution in [0.5, 0.6) is 0 Å². The quantitative estimate of drug-likeness (QED) is 0.902. The Morgan fingerprint density at radius 1 is 1.42 bits per heavy atom. The lowest BCUT2D eigenvalue weighted by Crippen LogP contribution is -2.10. The van der Waals surface area contributed by atoms with Gasteiger partial charge in [0.05, 0.1) is 12.1 Å². The number of pyridine rings is 1. The maximum Gasteiger partial charge on any atom is 0.152 e. The largest absolute Gasteiger partial charge is 0.362 e. The zero-order valence-electron chi connectivity index (χ0n) is 11.3. The van der Waals surface area contributed by atoms with Crippen LogP contribution < -0.4 is 5.32 Å². The Morgan fingerprint density at radius 2 is 2.21 bits per heavy atom. The molecule has 6 heteroatoms. The minimum absolute atomic E-state index is 0.498. The van der Waals surface area contributed by atoms with E-state index in [0.717, 1.165) is 23.6 Å². The van der Waals surface area contributed by atoms with E-state index < -0.39 is 0 Å². The van der Waals surface area contributed by atoms with E-state index in [4.69, 9.17) is 0 Å². The van der Waals surface area contributed by atoms with Gasteiger partial charge in [-0.15, -0.1) is 10.2 Å². The fourth-order valence-electron chi connectivity index (χ4n) is 1.95. The molecule has 98 valence electrons. The summed E-state index contributed by atoms with van der Waals surface area (Å²) in [5, 5.41) is 20.3. The van der Waals surface area contributed by atoms with Crippen LogP contribution in [0.15, 0.2) is 12.4 Å². The van der Waals surface area contributed by atoms with Gasteiger partial charge in [-0.25, -0.2) is 4.98 Å². The van der Waals surface area contributed by atoms with E-state index in [-0.39, 0.29) is 0 Å². The molecule has 0 aliphatic rings. The highest BCUT2D eigenvalue weighted by molar-refractivity contribution is 5.56. The summed E-state index contributed by atoms with van der Waals surface area (Å²) < 4.78 is 1.95. The zero-order chi connectivity index (χ0) is 13.8. The fourth-order valence-corrected chi connectivity index (χ4v) is 1.95. The fraction of sp³-hybridized carbons (Fsp3) is 0.385. The number of anilines is 1. The first-order valence-electron chi connectivity index (χ1n) is 6.14. The zero-order valence-corrected chi connectivity index (χ0v) is 11.3. The number of nitriles is 1. The molecule has 0 bridgehead atoms. The molecule has 0 fully saturated rings. The summed E-state index contributed by atoms with van der Waals surface area (Å²) in [6, 6.07) is 4.08. The van der Waals surface area contributed by atoms with Crippen molar-refractivity contribution in [2.24, 2.45) is 0 Å². The van der Waals surface area contributed by atoms with Gasteiger partial charge < -0.3 is 9.88 Å². The van der Waals surface area contributed by atoms with Crippen LogP contribution in [0, 0.1) is 25.2 Å². The first kappa shape index (κ1) is 13.0. The molecule has 1 N–H and O–H groups in total. The van der Waals surface area contributed by atoms with E-state index in [1.807, 2.05) is 31.4 Å². The van der Waals surface area contributed by atoms with E-state index in [0.29, 0.717) is 17.9 Å². The Hall–Kier alpha value is -2.42. The van der Waals surface area contributed by atoms with Crippen LogP contribution >= 0.6 is 0 Å². The molecule has 0 amide bonds. The molecule has 0 aliphatic heterocycles. The van der Waals surface area contributed by atoms with Crippen LogP contribution in [-0.4, -0.2) is 19.7 Å². The van der Waals surface area contributed by atoms with Crippen molar-refractivity contribution in [1.29, 1.82) is 5.26 Å². The lowest BCUT2D eigenvalue weighted by atomic mass is 10.1. The smallest absolute Gasteiger partial charge is 0.152 e. The number of hydrogen-bond acceptors (Lipinski definition) is 5. The van der Waals surface area contributed by atoms with Gasteiger partial charge in [0.1, 0.15) is 18.2 Å². The van der Waals surface area contributed by atoms with Gasteiger partial charge in [-0.3, -0.25) is 0 Å². The van der Waals surface area contributed by atoms with Crippen molar-refractivity contribution < 1.29 is 0 Å². The molecule has 19 heavy (non-hydrogen) atoms. The molecule has 0 aromatic carbocycles. The van der Waals surface area contributed by atoms with Gasteiger partial charge in [-0.1, -0.05) is 0 Å². The van der Waals surface area contributed by atoms with Crippen molar-refractivity contribution in [1.82, 2.24) is 19.7 Å². The van der Waals surface area contributed by atoms with Gasteiger partial charge in [0.15, 0.2) is 5.82 Å². The molecule has 0 atom stereocenters. The van der Waals surface area contributed by atoms with Crippen molar-refractivity contribution in [2.75, 3.05) is 5.32 Å². The third kappa shape index (κ3) is 2.71. The van der Waals surface area contributed by atoms with E-state index in [1.54, 1.807) is 6.33 Å². The SMILES string of the molecule is CCn1cnnc1CNc1nc(C)cc(C)c1C#N. The predicted octanol–water partition coefficient (Wildman–Crippen LogP) is 1.79. The summed E-state index contributed by atoms with van der Waals surface area (Å²) in [7, 11) is 0. The van der Waals surface area contributed by atoms with Gasteiger partial charge in [0, 0.05) is 12.2 Å². The van der Waals surface area contributed by atoms with Gasteiger partial charge in [-0.2, -0.15) is 5.26 Å². The molecule has 6 nitrogen and oxygen atoms in total. The standard InChI is InChI=1S/C13H16N6/c1-4-19-8-16-18-12(19)7-15-13-11(6-14)9(2)5-10(3)17-13/h5,8H,4,7H2,1-3H3,(H,15,17). The topological polar surface area (TPSA) is 79.4 Å². The number of aromatic nitrogens is 4. The second kappa shape index (κ2) is 5.48. The molecule has 0 spiro atoms. The maximum absolute atomic E-state index is 9.18. The second-order valence-corrected chi connectivity index (χ2v) is 4.30. The Bertz CT molecular complexity index is 623. The molecular weight excluding hydrogens is 240 g/mol. The highest BCUT2D eigenvalue weighted by atomic mass is 15.3. The van der Waals surface area contributed by atoms with Crippen LogP contribution in [0.3, 0.4) is 0 Å². The first-order chi connectivity index (χ1) is 9.15. The van der Waals surface area contributed by atoms with Crippen LogP contribution in [0.2, 0.25) is 0 Å². The molecule has 0 saturated carbocycles. The second-order valence-electron chi connectivity index (χ2n) is 4.30. The molecule has 0 aliphatic carbocycles. The Balaban J connectivity index is 2.23. The molecular formula is C13H16N6. The Morgan fingerprint density at radius 3 is 2.89 bits per heavy atom. The molecule has 0 saturated heterocycles. The molecule has 2 heterocycles. The van der Waals surface area contributed by atoms with Crippen LogP contribution in [-0.2, 0) is 13.1 Å². The number of nitrogens with zero attached hydrogens (tertiary/aromatic N) is 5. The highest BCUT2D eigenvalue weighted by Crippen LogP contribution is 2.18. The summed E-state index contributed by atoms with van der Waals surface area (Å²) in [4.78, 5) is 4.37. The monoisotopic (exact) mass is 256 g/mol. The summed E-state index contributed by atoms with van der Waals surface area (Å²) >= 11 is 0. The Kier molecular flexibility index (Phi) is 3.76. The van der Waals surface area contributed by atoms with Gasteiger partial charge in [0.2, 0.25) is 0 Å². The third-order valence-electron chi connectivity index (χ3n) is 2.91. The lowest BCUT2D eigenvalue weighted by Gasteiger charge is -2.10. The third-order valence-corrected chi connectivity index (χ3v) is 2.91. The van der Waals surface area contributed by atoms with Crippen LogP contribution in [0.1, 0.15) is 29.6 Å². The molecule has 0 unspecified atom stereocenters. The van der Waals surface area contributed by atoms with Crippen molar-refractivity contribution in [2.45, 2.75) is 33.9 Å². The van der Waals surface area contributed by atoms with E-state index >= 15 is 0 Å². The van der Waals surface area contributed by atoms with E-state index in [2.05, 4.69) is 26.6 Å². The van der Waals surface area contributed by atoms with Gasteiger partial charge >= 0.3 is 0 Å². The highest BCUT2D eigenvalue weighted by Gasteiger charge is 2.09. The lowest BCUT2D eigenvalue weighted by molar-refractivity contribution is 0.707. The summed E-state index contributed by atoms with van der Waals surface area (Å²) in [6.07, 6.45) is 1.69. The molecule has 2 aromatic rings. The first-order valence-corrected chi connectivity index (χ1v) is 6.14. The maximum atomic E-state index is 9.18. The predicted molar refractivity (Wildman–Crippen MR) is 71.4 cm³/mol. The summed E-state index contributed by atoms with van der Waals surface area (Å²) in [5.74, 6) is 1.43. The number of rotatable bonds is 4. The van der Waals surface area contributed by atoms with Gasteiger partial charge in [0.25, 0.3) is 0 Å². The average molecular weight is 256 g/mol. The summed E-state index contributed by atoms with van der Waals surface area (Å²) in [6.45, 7) is 7.16. The van der Waals surface area contributed by atoms with Crippen molar-refractivity contribution >= 4 is 5.82 Å². The average Bonchev–Trinajstić information content (AvgIpc) is 2.83.